The van der Waals surface area contributed by atoms with E-state index in [2.05, 4.69) is 37.4 Å². The van der Waals surface area contributed by atoms with E-state index >= 15 is 0 Å². The van der Waals surface area contributed by atoms with Crippen LogP contribution >= 0.6 is 11.8 Å². The number of benzene rings is 1. The first kappa shape index (κ1) is 7.67. The molecule has 0 aliphatic rings. The Morgan fingerprint density at radius 1 is 1.30 bits per heavy atom. The molecule has 0 N–H and O–H groups in total. The molecule has 53 valence electrons. The quantitative estimate of drug-likeness (QED) is 0.626. The first-order valence-corrected chi connectivity index (χ1v) is 4.41. The van der Waals surface area contributed by atoms with Crippen LogP contribution in [0.2, 0.25) is 0 Å². The summed E-state index contributed by atoms with van der Waals surface area (Å²) in [5.41, 5.74) is 2.67. The average molecular weight is 151 g/mol. The normalized spacial score (nSPS) is 9.80. The zero-order chi connectivity index (χ0) is 7.40. The molecule has 0 atom stereocenters. The molecule has 1 radical (unpaired) electrons. The molecule has 1 heteroatoms. The summed E-state index contributed by atoms with van der Waals surface area (Å²) in [5, 5.41) is 0. The van der Waals surface area contributed by atoms with Gasteiger partial charge in [-0.05, 0) is 12.5 Å². The van der Waals surface area contributed by atoms with Crippen LogP contribution in [0.15, 0.2) is 24.3 Å². The molecule has 1 rings (SSSR count). The Labute approximate surface area is 66.6 Å². The van der Waals surface area contributed by atoms with Crippen LogP contribution < -0.4 is 0 Å². The van der Waals surface area contributed by atoms with Crippen LogP contribution in [-0.2, 0) is 5.75 Å². The molecule has 0 nitrogen and oxygen atoms in total. The van der Waals surface area contributed by atoms with E-state index in [4.69, 9.17) is 0 Å². The third-order valence-electron chi connectivity index (χ3n) is 1.39. The van der Waals surface area contributed by atoms with Gasteiger partial charge in [-0.25, -0.2) is 0 Å². The van der Waals surface area contributed by atoms with Gasteiger partial charge < -0.3 is 0 Å². The van der Waals surface area contributed by atoms with Crippen molar-refractivity contribution in [3.63, 3.8) is 0 Å². The van der Waals surface area contributed by atoms with Crippen LogP contribution in [0.25, 0.3) is 0 Å². The van der Waals surface area contributed by atoms with E-state index in [1.54, 1.807) is 11.8 Å². The molecule has 0 aliphatic carbocycles. The summed E-state index contributed by atoms with van der Waals surface area (Å²) in [6.45, 7) is 2.10. The van der Waals surface area contributed by atoms with Crippen molar-refractivity contribution in [2.24, 2.45) is 0 Å². The number of hydrogen-bond donors (Lipinski definition) is 0. The van der Waals surface area contributed by atoms with Gasteiger partial charge in [-0.1, -0.05) is 29.8 Å². The van der Waals surface area contributed by atoms with E-state index in [9.17, 15) is 0 Å². The van der Waals surface area contributed by atoms with Gasteiger partial charge in [0.2, 0.25) is 0 Å². The summed E-state index contributed by atoms with van der Waals surface area (Å²) in [6.07, 6.45) is 3.72. The van der Waals surface area contributed by atoms with Crippen molar-refractivity contribution in [3.8, 4) is 0 Å². The van der Waals surface area contributed by atoms with Crippen LogP contribution in [-0.4, -0.2) is 0 Å². The summed E-state index contributed by atoms with van der Waals surface area (Å²) < 4.78 is 0. The van der Waals surface area contributed by atoms with E-state index in [0.717, 1.165) is 5.75 Å². The molecule has 0 spiro atoms. The Morgan fingerprint density at radius 3 is 2.40 bits per heavy atom. The maximum atomic E-state index is 3.72. The summed E-state index contributed by atoms with van der Waals surface area (Å²) in [7, 11) is 0. The fourth-order valence-electron chi connectivity index (χ4n) is 0.802. The van der Waals surface area contributed by atoms with Crippen molar-refractivity contribution >= 4 is 11.8 Å². The third-order valence-corrected chi connectivity index (χ3v) is 1.93. The highest BCUT2D eigenvalue weighted by Gasteiger charge is 1.88. The van der Waals surface area contributed by atoms with Crippen LogP contribution in [0.1, 0.15) is 11.1 Å². The highest BCUT2D eigenvalue weighted by Crippen LogP contribution is 2.10. The predicted molar refractivity (Wildman–Crippen MR) is 47.8 cm³/mol. The van der Waals surface area contributed by atoms with Crippen molar-refractivity contribution in [1.29, 1.82) is 0 Å². The SMILES string of the molecule is [CH2]SCc1ccc(C)cc1. The number of aryl methyl sites for hydroxylation is 1. The third kappa shape index (κ3) is 2.07. The molecule has 10 heavy (non-hydrogen) atoms. The Kier molecular flexibility index (Phi) is 2.82. The zero-order valence-corrected chi connectivity index (χ0v) is 6.95. The molecular formula is C9H11S. The Balaban J connectivity index is 2.69. The van der Waals surface area contributed by atoms with Gasteiger partial charge in [-0.15, -0.1) is 0 Å². The monoisotopic (exact) mass is 151 g/mol. The first-order chi connectivity index (χ1) is 4.83. The summed E-state index contributed by atoms with van der Waals surface area (Å²) in [5.74, 6) is 1.01. The molecule has 0 bridgehead atoms. The Hall–Kier alpha value is -0.430. The minimum Gasteiger partial charge on any atom is -0.156 e. The largest absolute Gasteiger partial charge is 0.156 e. The van der Waals surface area contributed by atoms with Crippen molar-refractivity contribution in [2.45, 2.75) is 12.7 Å². The highest BCUT2D eigenvalue weighted by atomic mass is 32.2. The lowest BCUT2D eigenvalue weighted by Crippen LogP contribution is -1.77. The minimum atomic E-state index is 1.01. The Morgan fingerprint density at radius 2 is 1.90 bits per heavy atom. The molecule has 1 aromatic carbocycles. The van der Waals surface area contributed by atoms with Gasteiger partial charge in [0.1, 0.15) is 0 Å². The lowest BCUT2D eigenvalue weighted by molar-refractivity contribution is 1.37. The van der Waals surface area contributed by atoms with Crippen molar-refractivity contribution in [1.82, 2.24) is 0 Å². The fourth-order valence-corrected chi connectivity index (χ4v) is 1.23. The van der Waals surface area contributed by atoms with Gasteiger partial charge in [0, 0.05) is 12.0 Å². The van der Waals surface area contributed by atoms with Crippen molar-refractivity contribution in [3.05, 3.63) is 41.6 Å². The molecule has 0 fully saturated rings. The lowest BCUT2D eigenvalue weighted by Gasteiger charge is -1.96. The van der Waals surface area contributed by atoms with Gasteiger partial charge in [0.15, 0.2) is 0 Å². The first-order valence-electron chi connectivity index (χ1n) is 3.25. The fraction of sp³-hybridized carbons (Fsp3) is 0.222. The van der Waals surface area contributed by atoms with Gasteiger partial charge >= 0.3 is 0 Å². The Bertz CT molecular complexity index is 188. The number of hydrogen-bond acceptors (Lipinski definition) is 1. The van der Waals surface area contributed by atoms with Crippen LogP contribution in [0.5, 0.6) is 0 Å². The number of thioether (sulfide) groups is 1. The molecule has 1 aromatic rings. The molecule has 0 heterocycles. The standard InChI is InChI=1S/C9H11S/c1-8-3-5-9(6-4-8)7-10-2/h3-6H,2,7H2,1H3. The van der Waals surface area contributed by atoms with Crippen LogP contribution in [0, 0.1) is 13.2 Å². The van der Waals surface area contributed by atoms with E-state index < -0.39 is 0 Å². The second kappa shape index (κ2) is 3.67. The summed E-state index contributed by atoms with van der Waals surface area (Å²) in [6, 6.07) is 8.55. The van der Waals surface area contributed by atoms with Gasteiger partial charge in [-0.3, -0.25) is 0 Å². The van der Waals surface area contributed by atoms with Crippen molar-refractivity contribution < 1.29 is 0 Å². The molecule has 0 aromatic heterocycles. The molecule has 0 saturated carbocycles. The van der Waals surface area contributed by atoms with Gasteiger partial charge in [-0.2, -0.15) is 11.8 Å². The highest BCUT2D eigenvalue weighted by molar-refractivity contribution is 7.99. The smallest absolute Gasteiger partial charge is 0.0184 e. The molecule has 0 aliphatic heterocycles. The molecule has 0 unspecified atom stereocenters. The molecule has 0 saturated heterocycles. The second-order valence-corrected chi connectivity index (χ2v) is 3.03. The maximum absolute atomic E-state index is 3.72. The average Bonchev–Trinajstić information content (AvgIpc) is 1.95. The summed E-state index contributed by atoms with van der Waals surface area (Å²) >= 11 is 1.61. The van der Waals surface area contributed by atoms with E-state index in [1.807, 2.05) is 0 Å². The topological polar surface area (TPSA) is 0 Å². The minimum absolute atomic E-state index is 1.01. The van der Waals surface area contributed by atoms with Gasteiger partial charge in [0.25, 0.3) is 0 Å². The molecular weight excluding hydrogens is 140 g/mol. The second-order valence-electron chi connectivity index (χ2n) is 2.33. The summed E-state index contributed by atoms with van der Waals surface area (Å²) in [4.78, 5) is 0. The lowest BCUT2D eigenvalue weighted by atomic mass is 10.2. The van der Waals surface area contributed by atoms with E-state index in [1.165, 1.54) is 11.1 Å². The van der Waals surface area contributed by atoms with Gasteiger partial charge in [0.05, 0.1) is 0 Å². The number of rotatable bonds is 2. The zero-order valence-electron chi connectivity index (χ0n) is 6.13. The predicted octanol–water partition coefficient (Wildman–Crippen LogP) is 3.02. The van der Waals surface area contributed by atoms with E-state index in [0.29, 0.717) is 0 Å². The molecule has 0 amide bonds. The van der Waals surface area contributed by atoms with E-state index in [-0.39, 0.29) is 0 Å². The van der Waals surface area contributed by atoms with Crippen molar-refractivity contribution in [2.75, 3.05) is 0 Å². The van der Waals surface area contributed by atoms with Crippen LogP contribution in [0.3, 0.4) is 0 Å². The van der Waals surface area contributed by atoms with Crippen LogP contribution in [0.4, 0.5) is 0 Å². The maximum Gasteiger partial charge on any atom is 0.0184 e.